The summed E-state index contributed by atoms with van der Waals surface area (Å²) in [7, 11) is 0. The van der Waals surface area contributed by atoms with Crippen LogP contribution in [0.2, 0.25) is 0 Å². The van der Waals surface area contributed by atoms with Crippen LogP contribution in [0.1, 0.15) is 10.4 Å². The largest absolute Gasteiger partial charge is 0.368 e. The highest BCUT2D eigenvalue weighted by atomic mass is 16.2. The predicted octanol–water partition coefficient (Wildman–Crippen LogP) is 3.00. The third kappa shape index (κ3) is 3.49. The number of hydrogen-bond donors (Lipinski definition) is 1. The normalized spacial score (nSPS) is 14.2. The van der Waals surface area contributed by atoms with E-state index in [4.69, 9.17) is 0 Å². The van der Waals surface area contributed by atoms with Crippen LogP contribution >= 0.6 is 0 Å². The molecule has 2 heterocycles. The maximum absolute atomic E-state index is 13.1. The van der Waals surface area contributed by atoms with Crippen LogP contribution in [0.15, 0.2) is 77.7 Å². The second kappa shape index (κ2) is 7.50. The summed E-state index contributed by atoms with van der Waals surface area (Å²) >= 11 is 0. The highest BCUT2D eigenvalue weighted by Crippen LogP contribution is 2.23. The Labute approximate surface area is 157 Å². The number of pyridine rings is 1. The first-order valence-electron chi connectivity index (χ1n) is 9.10. The van der Waals surface area contributed by atoms with Gasteiger partial charge in [-0.2, -0.15) is 0 Å². The number of H-pyrrole nitrogens is 1. The van der Waals surface area contributed by atoms with E-state index in [1.54, 1.807) is 17.2 Å². The van der Waals surface area contributed by atoms with E-state index in [0.717, 1.165) is 24.3 Å². The molecule has 2 aromatic carbocycles. The molecule has 0 aliphatic carbocycles. The fourth-order valence-corrected chi connectivity index (χ4v) is 3.51. The first-order chi connectivity index (χ1) is 13.2. The third-order valence-corrected chi connectivity index (χ3v) is 4.95. The zero-order chi connectivity index (χ0) is 18.6. The number of aromatic nitrogens is 1. The van der Waals surface area contributed by atoms with Crippen molar-refractivity contribution in [2.75, 3.05) is 31.1 Å². The van der Waals surface area contributed by atoms with Gasteiger partial charge in [0.25, 0.3) is 11.5 Å². The number of carbonyl (C=O) groups excluding carboxylic acids is 1. The average molecular weight is 359 g/mol. The molecule has 27 heavy (non-hydrogen) atoms. The van der Waals surface area contributed by atoms with Crippen molar-refractivity contribution in [1.29, 1.82) is 0 Å². The molecule has 0 bridgehead atoms. The highest BCUT2D eigenvalue weighted by molar-refractivity contribution is 6.00. The van der Waals surface area contributed by atoms with Crippen molar-refractivity contribution in [3.05, 3.63) is 88.8 Å². The van der Waals surface area contributed by atoms with Gasteiger partial charge >= 0.3 is 0 Å². The van der Waals surface area contributed by atoms with Crippen molar-refractivity contribution >= 4 is 11.6 Å². The average Bonchev–Trinajstić information content (AvgIpc) is 2.74. The maximum Gasteiger partial charge on any atom is 0.261 e. The number of nitrogens with one attached hydrogen (secondary N) is 1. The molecule has 0 atom stereocenters. The van der Waals surface area contributed by atoms with E-state index in [2.05, 4.69) is 22.0 Å². The van der Waals surface area contributed by atoms with Crippen molar-refractivity contribution in [3.63, 3.8) is 0 Å². The molecule has 1 aliphatic rings. The van der Waals surface area contributed by atoms with E-state index in [-0.39, 0.29) is 17.0 Å². The summed E-state index contributed by atoms with van der Waals surface area (Å²) in [5.41, 5.74) is 2.58. The van der Waals surface area contributed by atoms with Gasteiger partial charge in [0.15, 0.2) is 0 Å². The van der Waals surface area contributed by atoms with Crippen LogP contribution in [0.4, 0.5) is 5.69 Å². The minimum absolute atomic E-state index is 0.205. The molecular formula is C22H21N3O2. The summed E-state index contributed by atoms with van der Waals surface area (Å²) < 4.78 is 0. The zero-order valence-corrected chi connectivity index (χ0v) is 15.0. The van der Waals surface area contributed by atoms with Crippen molar-refractivity contribution in [1.82, 2.24) is 9.88 Å². The lowest BCUT2D eigenvalue weighted by atomic mass is 10.0. The SMILES string of the molecule is O=C(c1c(-c2ccccc2)cc[nH]c1=O)N1CCN(c2ccccc2)CC1. The fourth-order valence-electron chi connectivity index (χ4n) is 3.51. The Balaban J connectivity index is 1.57. The standard InChI is InChI=1S/C22H21N3O2/c26-21-20(19(11-12-23-21)17-7-3-1-4-8-17)22(27)25-15-13-24(14-16-25)18-9-5-2-6-10-18/h1-12H,13-16H2,(H,23,26). The predicted molar refractivity (Wildman–Crippen MR) is 107 cm³/mol. The van der Waals surface area contributed by atoms with E-state index in [9.17, 15) is 9.59 Å². The molecule has 1 N–H and O–H groups in total. The van der Waals surface area contributed by atoms with E-state index < -0.39 is 0 Å². The van der Waals surface area contributed by atoms with Crippen LogP contribution in [0, 0.1) is 0 Å². The van der Waals surface area contributed by atoms with Crippen LogP contribution in [0.25, 0.3) is 11.1 Å². The zero-order valence-electron chi connectivity index (χ0n) is 15.0. The van der Waals surface area contributed by atoms with Crippen molar-refractivity contribution in [2.45, 2.75) is 0 Å². The van der Waals surface area contributed by atoms with Crippen molar-refractivity contribution < 1.29 is 4.79 Å². The molecule has 5 heteroatoms. The first-order valence-corrected chi connectivity index (χ1v) is 9.10. The number of anilines is 1. The number of para-hydroxylation sites is 1. The molecule has 1 saturated heterocycles. The first kappa shape index (κ1) is 17.1. The smallest absolute Gasteiger partial charge is 0.261 e. The monoisotopic (exact) mass is 359 g/mol. The molecule has 4 rings (SSSR count). The Morgan fingerprint density at radius 1 is 0.815 bits per heavy atom. The molecule has 0 unspecified atom stereocenters. The Morgan fingerprint density at radius 3 is 2.11 bits per heavy atom. The minimum Gasteiger partial charge on any atom is -0.368 e. The molecule has 3 aromatic rings. The number of hydrogen-bond acceptors (Lipinski definition) is 3. The second-order valence-corrected chi connectivity index (χ2v) is 6.58. The van der Waals surface area contributed by atoms with Gasteiger partial charge in [0.2, 0.25) is 0 Å². The third-order valence-electron chi connectivity index (χ3n) is 4.95. The van der Waals surface area contributed by atoms with Gasteiger partial charge in [0, 0.05) is 43.6 Å². The molecule has 1 aliphatic heterocycles. The summed E-state index contributed by atoms with van der Waals surface area (Å²) in [6.45, 7) is 2.69. The van der Waals surface area contributed by atoms with Crippen LogP contribution < -0.4 is 10.5 Å². The molecule has 0 radical (unpaired) electrons. The molecule has 1 aromatic heterocycles. The summed E-state index contributed by atoms with van der Waals surface area (Å²) in [6, 6.07) is 21.5. The van der Waals surface area contributed by atoms with E-state index in [0.29, 0.717) is 18.7 Å². The summed E-state index contributed by atoms with van der Waals surface area (Å²) in [5, 5.41) is 0. The van der Waals surface area contributed by atoms with Crippen molar-refractivity contribution in [3.8, 4) is 11.1 Å². The Kier molecular flexibility index (Phi) is 4.75. The maximum atomic E-state index is 13.1. The molecule has 5 nitrogen and oxygen atoms in total. The summed E-state index contributed by atoms with van der Waals surface area (Å²) in [4.78, 5) is 32.3. The van der Waals surface area contributed by atoms with Gasteiger partial charge in [-0.3, -0.25) is 9.59 Å². The Hall–Kier alpha value is -3.34. The number of nitrogens with zero attached hydrogens (tertiary/aromatic N) is 2. The molecule has 1 fully saturated rings. The number of rotatable bonds is 3. The lowest BCUT2D eigenvalue weighted by Gasteiger charge is -2.36. The van der Waals surface area contributed by atoms with Gasteiger partial charge in [0.1, 0.15) is 5.56 Å². The van der Waals surface area contributed by atoms with E-state index in [1.807, 2.05) is 48.5 Å². The summed E-state index contributed by atoms with van der Waals surface area (Å²) in [5.74, 6) is -0.205. The Morgan fingerprint density at radius 2 is 1.44 bits per heavy atom. The molecule has 136 valence electrons. The van der Waals surface area contributed by atoms with Gasteiger partial charge in [-0.1, -0.05) is 48.5 Å². The van der Waals surface area contributed by atoms with Gasteiger partial charge in [-0.05, 0) is 23.8 Å². The van der Waals surface area contributed by atoms with Gasteiger partial charge in [-0.15, -0.1) is 0 Å². The van der Waals surface area contributed by atoms with Gasteiger partial charge in [0.05, 0.1) is 0 Å². The van der Waals surface area contributed by atoms with Gasteiger partial charge in [-0.25, -0.2) is 0 Å². The lowest BCUT2D eigenvalue weighted by molar-refractivity contribution is 0.0746. The minimum atomic E-state index is -0.341. The van der Waals surface area contributed by atoms with E-state index >= 15 is 0 Å². The van der Waals surface area contributed by atoms with Crippen LogP contribution in [-0.2, 0) is 0 Å². The Bertz CT molecular complexity index is 975. The highest BCUT2D eigenvalue weighted by Gasteiger charge is 2.26. The molecular weight excluding hydrogens is 338 g/mol. The van der Waals surface area contributed by atoms with Gasteiger partial charge < -0.3 is 14.8 Å². The number of piperazine rings is 1. The van der Waals surface area contributed by atoms with E-state index in [1.165, 1.54) is 0 Å². The number of carbonyl (C=O) groups is 1. The fraction of sp³-hybridized carbons (Fsp3) is 0.182. The quantitative estimate of drug-likeness (QED) is 0.782. The topological polar surface area (TPSA) is 56.4 Å². The number of benzene rings is 2. The summed E-state index contributed by atoms with van der Waals surface area (Å²) in [6.07, 6.45) is 1.59. The second-order valence-electron chi connectivity index (χ2n) is 6.58. The van der Waals surface area contributed by atoms with Crippen LogP contribution in [0.3, 0.4) is 0 Å². The molecule has 0 saturated carbocycles. The number of aromatic amines is 1. The lowest BCUT2D eigenvalue weighted by Crippen LogP contribution is -2.49. The van der Waals surface area contributed by atoms with Crippen LogP contribution in [-0.4, -0.2) is 42.0 Å². The molecule has 1 amide bonds. The van der Waals surface area contributed by atoms with Crippen LogP contribution in [0.5, 0.6) is 0 Å². The number of amides is 1. The molecule has 0 spiro atoms. The van der Waals surface area contributed by atoms with Crippen molar-refractivity contribution in [2.24, 2.45) is 0 Å².